The molecule has 0 aliphatic rings. The number of rotatable bonds is 10. The van der Waals surface area contributed by atoms with E-state index < -0.39 is 17.4 Å². The maximum absolute atomic E-state index is 11.7. The summed E-state index contributed by atoms with van der Waals surface area (Å²) < 4.78 is 0. The Morgan fingerprint density at radius 2 is 1.59 bits per heavy atom. The second kappa shape index (κ2) is 8.23. The van der Waals surface area contributed by atoms with E-state index in [1.807, 2.05) is 0 Å². The molecule has 0 aromatic rings. The predicted molar refractivity (Wildman–Crippen MR) is 65.9 cm³/mol. The van der Waals surface area contributed by atoms with Gasteiger partial charge in [-0.25, -0.2) is 4.79 Å². The Bertz CT molecular complexity index is 250. The number of carboxylic acids is 1. The molecule has 0 aliphatic carbocycles. The zero-order valence-corrected chi connectivity index (χ0v) is 10.9. The molecule has 0 rings (SSSR count). The molecule has 0 aromatic carbocycles. The third-order valence-corrected chi connectivity index (χ3v) is 2.93. The minimum atomic E-state index is -2.17. The van der Waals surface area contributed by atoms with E-state index in [0.29, 0.717) is 12.8 Å². The highest BCUT2D eigenvalue weighted by Crippen LogP contribution is 2.18. The van der Waals surface area contributed by atoms with Gasteiger partial charge >= 0.3 is 5.97 Å². The molecule has 2 N–H and O–H groups in total. The van der Waals surface area contributed by atoms with Crippen molar-refractivity contribution in [3.63, 3.8) is 0 Å². The van der Waals surface area contributed by atoms with E-state index in [1.165, 1.54) is 0 Å². The van der Waals surface area contributed by atoms with Crippen LogP contribution in [0.1, 0.15) is 65.2 Å². The van der Waals surface area contributed by atoms with Crippen molar-refractivity contribution < 1.29 is 19.8 Å². The normalized spacial score (nSPS) is 14.3. The quantitative estimate of drug-likeness (QED) is 0.457. The molecule has 0 bridgehead atoms. The molecule has 0 aliphatic heterocycles. The lowest BCUT2D eigenvalue weighted by Gasteiger charge is -2.21. The third-order valence-electron chi connectivity index (χ3n) is 2.93. The summed E-state index contributed by atoms with van der Waals surface area (Å²) in [6.45, 7) is 3.86. The van der Waals surface area contributed by atoms with E-state index in [1.54, 1.807) is 6.92 Å². The van der Waals surface area contributed by atoms with Crippen molar-refractivity contribution in [2.24, 2.45) is 0 Å². The molecular weight excluding hydrogens is 220 g/mol. The SMILES string of the molecule is CCCCCCCC(=O)C(O)(CCC)C(=O)O. The predicted octanol–water partition coefficient (Wildman–Crippen LogP) is 2.53. The minimum Gasteiger partial charge on any atom is -0.479 e. The van der Waals surface area contributed by atoms with E-state index in [9.17, 15) is 14.7 Å². The van der Waals surface area contributed by atoms with Crippen LogP contribution in [-0.2, 0) is 9.59 Å². The van der Waals surface area contributed by atoms with Gasteiger partial charge in [0.1, 0.15) is 0 Å². The molecule has 17 heavy (non-hydrogen) atoms. The molecule has 4 heteroatoms. The van der Waals surface area contributed by atoms with Gasteiger partial charge in [0.15, 0.2) is 5.78 Å². The van der Waals surface area contributed by atoms with Crippen molar-refractivity contribution in [3.8, 4) is 0 Å². The first-order valence-corrected chi connectivity index (χ1v) is 6.48. The fraction of sp³-hybridized carbons (Fsp3) is 0.846. The Balaban J connectivity index is 4.12. The summed E-state index contributed by atoms with van der Waals surface area (Å²) >= 11 is 0. The highest BCUT2D eigenvalue weighted by atomic mass is 16.4. The van der Waals surface area contributed by atoms with E-state index in [0.717, 1.165) is 25.7 Å². The molecule has 100 valence electrons. The minimum absolute atomic E-state index is 0.00384. The van der Waals surface area contributed by atoms with E-state index in [-0.39, 0.29) is 12.8 Å². The molecular formula is C13H24O4. The highest BCUT2D eigenvalue weighted by Gasteiger charge is 2.41. The van der Waals surface area contributed by atoms with Gasteiger partial charge in [0, 0.05) is 6.42 Å². The van der Waals surface area contributed by atoms with Gasteiger partial charge in [-0.05, 0) is 12.8 Å². The van der Waals surface area contributed by atoms with Crippen molar-refractivity contribution >= 4 is 11.8 Å². The number of hydrogen-bond donors (Lipinski definition) is 2. The fourth-order valence-electron chi connectivity index (χ4n) is 1.82. The lowest BCUT2D eigenvalue weighted by molar-refractivity contribution is -0.166. The number of carbonyl (C=O) groups is 2. The van der Waals surface area contributed by atoms with Crippen LogP contribution in [0.25, 0.3) is 0 Å². The van der Waals surface area contributed by atoms with Crippen LogP contribution in [0.15, 0.2) is 0 Å². The zero-order valence-electron chi connectivity index (χ0n) is 10.9. The summed E-state index contributed by atoms with van der Waals surface area (Å²) in [5, 5.41) is 18.7. The van der Waals surface area contributed by atoms with Crippen LogP contribution in [-0.4, -0.2) is 27.6 Å². The van der Waals surface area contributed by atoms with Gasteiger partial charge in [-0.15, -0.1) is 0 Å². The average Bonchev–Trinajstić information content (AvgIpc) is 2.28. The van der Waals surface area contributed by atoms with Gasteiger partial charge in [-0.3, -0.25) is 4.79 Å². The van der Waals surface area contributed by atoms with Crippen molar-refractivity contribution in [2.45, 2.75) is 70.8 Å². The fourth-order valence-corrected chi connectivity index (χ4v) is 1.82. The summed E-state index contributed by atoms with van der Waals surface area (Å²) in [5.41, 5.74) is -2.17. The number of aliphatic hydroxyl groups is 1. The van der Waals surface area contributed by atoms with Crippen LogP contribution in [0.5, 0.6) is 0 Å². The van der Waals surface area contributed by atoms with Gasteiger partial charge in [0.05, 0.1) is 0 Å². The van der Waals surface area contributed by atoms with Gasteiger partial charge in [-0.1, -0.05) is 46.0 Å². The van der Waals surface area contributed by atoms with E-state index in [4.69, 9.17) is 5.11 Å². The second-order valence-corrected chi connectivity index (χ2v) is 4.50. The number of carboxylic acid groups (broad SMARTS) is 1. The van der Waals surface area contributed by atoms with E-state index in [2.05, 4.69) is 6.92 Å². The Kier molecular flexibility index (Phi) is 7.79. The first-order chi connectivity index (χ1) is 7.99. The lowest BCUT2D eigenvalue weighted by atomic mass is 9.90. The summed E-state index contributed by atoms with van der Waals surface area (Å²) in [7, 11) is 0. The van der Waals surface area contributed by atoms with E-state index >= 15 is 0 Å². The van der Waals surface area contributed by atoms with Crippen LogP contribution in [0.4, 0.5) is 0 Å². The van der Waals surface area contributed by atoms with Crippen LogP contribution in [0, 0.1) is 0 Å². The number of hydrogen-bond acceptors (Lipinski definition) is 3. The summed E-state index contributed by atoms with van der Waals surface area (Å²) in [6.07, 6.45) is 5.53. The maximum Gasteiger partial charge on any atom is 0.343 e. The van der Waals surface area contributed by atoms with Gasteiger partial charge < -0.3 is 10.2 Å². The van der Waals surface area contributed by atoms with Crippen molar-refractivity contribution in [1.29, 1.82) is 0 Å². The number of unbranched alkanes of at least 4 members (excludes halogenated alkanes) is 4. The molecule has 1 unspecified atom stereocenters. The smallest absolute Gasteiger partial charge is 0.343 e. The third kappa shape index (κ3) is 5.31. The maximum atomic E-state index is 11.7. The molecule has 1 atom stereocenters. The molecule has 0 spiro atoms. The summed E-state index contributed by atoms with van der Waals surface area (Å²) in [4.78, 5) is 22.6. The first kappa shape index (κ1) is 16.1. The Morgan fingerprint density at radius 1 is 1.00 bits per heavy atom. The van der Waals surface area contributed by atoms with Crippen molar-refractivity contribution in [2.75, 3.05) is 0 Å². The molecule has 0 saturated heterocycles. The molecule has 0 fully saturated rings. The molecule has 0 saturated carbocycles. The number of aliphatic carboxylic acids is 1. The summed E-state index contributed by atoms with van der Waals surface area (Å²) in [6, 6.07) is 0. The number of ketones is 1. The Hall–Kier alpha value is -0.900. The van der Waals surface area contributed by atoms with Crippen molar-refractivity contribution in [1.82, 2.24) is 0 Å². The van der Waals surface area contributed by atoms with Gasteiger partial charge in [-0.2, -0.15) is 0 Å². The van der Waals surface area contributed by atoms with Crippen LogP contribution < -0.4 is 0 Å². The Labute approximate surface area is 103 Å². The monoisotopic (exact) mass is 244 g/mol. The summed E-state index contributed by atoms with van der Waals surface area (Å²) in [5.74, 6) is -1.97. The largest absolute Gasteiger partial charge is 0.479 e. The molecule has 4 nitrogen and oxygen atoms in total. The second-order valence-electron chi connectivity index (χ2n) is 4.50. The topological polar surface area (TPSA) is 74.6 Å². The lowest BCUT2D eigenvalue weighted by Crippen LogP contribution is -2.46. The molecule has 0 radical (unpaired) electrons. The number of carbonyl (C=O) groups excluding carboxylic acids is 1. The number of Topliss-reactive ketones (excluding diaryl/α,β-unsaturated/α-hetero) is 1. The molecule has 0 aromatic heterocycles. The molecule has 0 heterocycles. The van der Waals surface area contributed by atoms with Crippen LogP contribution in [0.2, 0.25) is 0 Å². The highest BCUT2D eigenvalue weighted by molar-refractivity contribution is 6.06. The van der Waals surface area contributed by atoms with Gasteiger partial charge in [0.25, 0.3) is 0 Å². The van der Waals surface area contributed by atoms with Crippen LogP contribution >= 0.6 is 0 Å². The zero-order chi connectivity index (χ0) is 13.3. The molecule has 0 amide bonds. The van der Waals surface area contributed by atoms with Crippen LogP contribution in [0.3, 0.4) is 0 Å². The standard InChI is InChI=1S/C13H24O4/c1-3-5-6-7-8-9-11(14)13(17,10-4-2)12(15)16/h17H,3-10H2,1-2H3,(H,15,16). The Morgan fingerprint density at radius 3 is 2.06 bits per heavy atom. The average molecular weight is 244 g/mol. The first-order valence-electron chi connectivity index (χ1n) is 6.48. The van der Waals surface area contributed by atoms with Crippen molar-refractivity contribution in [3.05, 3.63) is 0 Å². The van der Waals surface area contributed by atoms with Gasteiger partial charge in [0.2, 0.25) is 5.60 Å².